The highest BCUT2D eigenvalue weighted by Crippen LogP contribution is 2.24. The second-order valence-corrected chi connectivity index (χ2v) is 6.03. The number of hydrogen-bond donors (Lipinski definition) is 1. The molecule has 104 valence electrons. The lowest BCUT2D eigenvalue weighted by Crippen LogP contribution is -2.13. The maximum Gasteiger partial charge on any atom is 0.256 e. The third-order valence-corrected chi connectivity index (χ3v) is 3.94. The summed E-state index contributed by atoms with van der Waals surface area (Å²) in [5, 5.41) is 2.71. The minimum absolute atomic E-state index is 0.0875. The average Bonchev–Trinajstić information content (AvgIpc) is 2.43. The van der Waals surface area contributed by atoms with Gasteiger partial charge in [-0.3, -0.25) is 4.79 Å². The van der Waals surface area contributed by atoms with Crippen molar-refractivity contribution in [1.29, 1.82) is 0 Å². The van der Waals surface area contributed by atoms with Crippen LogP contribution in [-0.4, -0.2) is 13.0 Å². The first kappa shape index (κ1) is 15.2. The van der Waals surface area contributed by atoms with Crippen LogP contribution in [0.3, 0.4) is 0 Å². The highest BCUT2D eigenvalue weighted by molar-refractivity contribution is 14.1. The lowest BCUT2D eigenvalue weighted by molar-refractivity contribution is 0.102. The van der Waals surface area contributed by atoms with Crippen LogP contribution in [0.2, 0.25) is 0 Å². The zero-order valence-corrected chi connectivity index (χ0v) is 14.2. The predicted molar refractivity (Wildman–Crippen MR) is 87.8 cm³/mol. The molecular formula is C14H10BrFINO2. The van der Waals surface area contributed by atoms with Crippen molar-refractivity contribution in [2.45, 2.75) is 0 Å². The van der Waals surface area contributed by atoms with Crippen LogP contribution in [0.15, 0.2) is 40.9 Å². The fraction of sp³-hybridized carbons (Fsp3) is 0.0714. The van der Waals surface area contributed by atoms with Crippen molar-refractivity contribution in [3.05, 3.63) is 55.8 Å². The fourth-order valence-electron chi connectivity index (χ4n) is 1.61. The Kier molecular flexibility index (Phi) is 4.98. The highest BCUT2D eigenvalue weighted by atomic mass is 127. The number of methoxy groups -OCH3 is 1. The van der Waals surface area contributed by atoms with Gasteiger partial charge >= 0.3 is 0 Å². The Hall–Kier alpha value is -1.15. The molecule has 0 aromatic heterocycles. The number of carbonyl (C=O) groups excluding carboxylic acids is 1. The number of nitrogens with one attached hydrogen (secondary N) is 1. The van der Waals surface area contributed by atoms with Gasteiger partial charge in [-0.05, 0) is 68.9 Å². The Morgan fingerprint density at radius 1 is 1.30 bits per heavy atom. The summed E-state index contributed by atoms with van der Waals surface area (Å²) >= 11 is 5.47. The fourth-order valence-corrected chi connectivity index (χ4v) is 2.53. The normalized spacial score (nSPS) is 10.2. The van der Waals surface area contributed by atoms with Crippen molar-refractivity contribution in [1.82, 2.24) is 0 Å². The Morgan fingerprint density at radius 3 is 2.75 bits per heavy atom. The minimum Gasteiger partial charge on any atom is -0.494 e. The largest absolute Gasteiger partial charge is 0.494 e. The standard InChI is InChI=1S/C14H10BrFINO2/c1-20-13-7-9(3-5-12(13)16)18-14(19)10-6-8(17)2-4-11(10)15/h2-7H,1H3,(H,18,19). The van der Waals surface area contributed by atoms with E-state index in [2.05, 4.69) is 43.8 Å². The zero-order valence-electron chi connectivity index (χ0n) is 10.4. The molecule has 6 heteroatoms. The predicted octanol–water partition coefficient (Wildman–Crippen LogP) is 4.45. The van der Waals surface area contributed by atoms with Crippen molar-refractivity contribution in [2.24, 2.45) is 0 Å². The van der Waals surface area contributed by atoms with E-state index in [1.807, 2.05) is 12.1 Å². The molecule has 0 heterocycles. The van der Waals surface area contributed by atoms with Crippen molar-refractivity contribution >= 4 is 50.1 Å². The van der Waals surface area contributed by atoms with Crippen LogP contribution in [0.25, 0.3) is 0 Å². The molecule has 2 aromatic carbocycles. The molecule has 20 heavy (non-hydrogen) atoms. The van der Waals surface area contributed by atoms with Gasteiger partial charge in [0.25, 0.3) is 5.91 Å². The number of hydrogen-bond acceptors (Lipinski definition) is 2. The molecule has 1 amide bonds. The van der Waals surface area contributed by atoms with Crippen LogP contribution in [-0.2, 0) is 0 Å². The van der Waals surface area contributed by atoms with Gasteiger partial charge in [0.05, 0.1) is 12.7 Å². The van der Waals surface area contributed by atoms with Crippen molar-refractivity contribution in [3.63, 3.8) is 0 Å². The molecule has 0 atom stereocenters. The van der Waals surface area contributed by atoms with Crippen molar-refractivity contribution in [2.75, 3.05) is 12.4 Å². The van der Waals surface area contributed by atoms with Crippen LogP contribution < -0.4 is 10.1 Å². The van der Waals surface area contributed by atoms with Gasteiger partial charge in [-0.25, -0.2) is 4.39 Å². The Morgan fingerprint density at radius 2 is 2.05 bits per heavy atom. The molecule has 0 aliphatic heterocycles. The molecule has 0 spiro atoms. The SMILES string of the molecule is COc1cc(NC(=O)c2cc(I)ccc2Br)ccc1F. The summed E-state index contributed by atoms with van der Waals surface area (Å²) in [5.41, 5.74) is 0.985. The van der Waals surface area contributed by atoms with Gasteiger partial charge in [-0.1, -0.05) is 0 Å². The first-order valence-electron chi connectivity index (χ1n) is 5.61. The second kappa shape index (κ2) is 6.53. The molecule has 0 bridgehead atoms. The Balaban J connectivity index is 2.25. The third kappa shape index (κ3) is 3.49. The molecule has 0 radical (unpaired) electrons. The van der Waals surface area contributed by atoms with Crippen molar-refractivity contribution in [3.8, 4) is 5.75 Å². The van der Waals surface area contributed by atoms with E-state index in [-0.39, 0.29) is 11.7 Å². The maximum atomic E-state index is 13.3. The van der Waals surface area contributed by atoms with E-state index in [0.29, 0.717) is 15.7 Å². The van der Waals surface area contributed by atoms with E-state index in [4.69, 9.17) is 4.74 Å². The van der Waals surface area contributed by atoms with Gasteiger partial charge in [0, 0.05) is 19.8 Å². The van der Waals surface area contributed by atoms with E-state index in [1.165, 1.54) is 25.3 Å². The van der Waals surface area contributed by atoms with Gasteiger partial charge < -0.3 is 10.1 Å². The van der Waals surface area contributed by atoms with Crippen LogP contribution in [0.1, 0.15) is 10.4 Å². The van der Waals surface area contributed by atoms with Crippen LogP contribution in [0.4, 0.5) is 10.1 Å². The lowest BCUT2D eigenvalue weighted by atomic mass is 10.2. The molecule has 0 unspecified atom stereocenters. The Bertz CT molecular complexity index is 664. The van der Waals surface area contributed by atoms with Crippen LogP contribution >= 0.6 is 38.5 Å². The van der Waals surface area contributed by atoms with E-state index in [1.54, 1.807) is 6.07 Å². The summed E-state index contributed by atoms with van der Waals surface area (Å²) < 4.78 is 19.8. The van der Waals surface area contributed by atoms with Gasteiger partial charge in [0.2, 0.25) is 0 Å². The number of halogens is 3. The molecule has 2 aromatic rings. The van der Waals surface area contributed by atoms with Gasteiger partial charge in [0.15, 0.2) is 11.6 Å². The minimum atomic E-state index is -0.471. The second-order valence-electron chi connectivity index (χ2n) is 3.93. The Labute approximate surface area is 137 Å². The molecule has 1 N–H and O–H groups in total. The zero-order chi connectivity index (χ0) is 14.7. The van der Waals surface area contributed by atoms with E-state index < -0.39 is 5.82 Å². The third-order valence-electron chi connectivity index (χ3n) is 2.58. The maximum absolute atomic E-state index is 13.3. The molecule has 0 aliphatic rings. The summed E-state index contributed by atoms with van der Waals surface area (Å²) in [4.78, 5) is 12.2. The van der Waals surface area contributed by atoms with Crippen LogP contribution in [0.5, 0.6) is 5.75 Å². The van der Waals surface area contributed by atoms with E-state index in [9.17, 15) is 9.18 Å². The topological polar surface area (TPSA) is 38.3 Å². The summed E-state index contributed by atoms with van der Waals surface area (Å²) in [5.74, 6) is -0.658. The first-order valence-corrected chi connectivity index (χ1v) is 7.48. The number of benzene rings is 2. The summed E-state index contributed by atoms with van der Waals surface area (Å²) in [6, 6.07) is 9.63. The summed E-state index contributed by atoms with van der Waals surface area (Å²) in [6.07, 6.45) is 0. The van der Waals surface area contributed by atoms with Gasteiger partial charge in [-0.2, -0.15) is 0 Å². The number of carbonyl (C=O) groups is 1. The highest BCUT2D eigenvalue weighted by Gasteiger charge is 2.12. The number of anilines is 1. The number of ether oxygens (including phenoxy) is 1. The molecular weight excluding hydrogens is 440 g/mol. The molecule has 0 aliphatic carbocycles. The van der Waals surface area contributed by atoms with Gasteiger partial charge in [-0.15, -0.1) is 0 Å². The lowest BCUT2D eigenvalue weighted by Gasteiger charge is -2.09. The molecule has 0 fully saturated rings. The molecule has 0 saturated heterocycles. The van der Waals surface area contributed by atoms with Crippen LogP contribution in [0, 0.1) is 9.39 Å². The molecule has 2 rings (SSSR count). The van der Waals surface area contributed by atoms with Crippen molar-refractivity contribution < 1.29 is 13.9 Å². The quantitative estimate of drug-likeness (QED) is 0.703. The monoisotopic (exact) mass is 449 g/mol. The first-order chi connectivity index (χ1) is 9.51. The van der Waals surface area contributed by atoms with Gasteiger partial charge in [0.1, 0.15) is 0 Å². The van der Waals surface area contributed by atoms with E-state index in [0.717, 1.165) is 3.57 Å². The average molecular weight is 450 g/mol. The number of amides is 1. The number of rotatable bonds is 3. The van der Waals surface area contributed by atoms with E-state index >= 15 is 0 Å². The summed E-state index contributed by atoms with van der Waals surface area (Å²) in [6.45, 7) is 0. The molecule has 3 nitrogen and oxygen atoms in total. The summed E-state index contributed by atoms with van der Waals surface area (Å²) in [7, 11) is 1.38. The smallest absolute Gasteiger partial charge is 0.256 e. The molecule has 0 saturated carbocycles.